The number of carbonyl (C=O) groups is 1. The molecular formula is C11H11F2NO2. The van der Waals surface area contributed by atoms with E-state index in [1.165, 1.54) is 6.07 Å². The number of nitrogens with one attached hydrogen (secondary N) is 1. The first-order valence-electron chi connectivity index (χ1n) is 5.03. The maximum absolute atomic E-state index is 13.3. The van der Waals surface area contributed by atoms with Gasteiger partial charge in [0, 0.05) is 23.7 Å². The smallest absolute Gasteiger partial charge is 0.328 e. The third-order valence-corrected chi connectivity index (χ3v) is 2.47. The fourth-order valence-corrected chi connectivity index (χ4v) is 1.77. The summed E-state index contributed by atoms with van der Waals surface area (Å²) in [6.45, 7) is 1.96. The summed E-state index contributed by atoms with van der Waals surface area (Å²) >= 11 is 0. The van der Waals surface area contributed by atoms with Crippen molar-refractivity contribution >= 4 is 11.7 Å². The SMILES string of the molecule is CCOC(=O)[C@@H]1Cc2c(F)cc(F)cc2N1. The third-order valence-electron chi connectivity index (χ3n) is 2.47. The topological polar surface area (TPSA) is 38.3 Å². The molecule has 0 fully saturated rings. The first kappa shape index (κ1) is 10.9. The first-order valence-corrected chi connectivity index (χ1v) is 5.03. The van der Waals surface area contributed by atoms with E-state index in [1.807, 2.05) is 0 Å². The number of halogens is 2. The largest absolute Gasteiger partial charge is 0.464 e. The molecule has 1 N–H and O–H groups in total. The van der Waals surface area contributed by atoms with E-state index in [1.54, 1.807) is 6.92 Å². The fourth-order valence-electron chi connectivity index (χ4n) is 1.77. The van der Waals surface area contributed by atoms with Gasteiger partial charge < -0.3 is 10.1 Å². The number of benzene rings is 1. The second kappa shape index (κ2) is 4.08. The van der Waals surface area contributed by atoms with Crippen LogP contribution in [0.2, 0.25) is 0 Å². The highest BCUT2D eigenvalue weighted by Crippen LogP contribution is 2.29. The molecule has 1 aromatic rings. The van der Waals surface area contributed by atoms with Gasteiger partial charge in [0.1, 0.15) is 17.7 Å². The van der Waals surface area contributed by atoms with E-state index >= 15 is 0 Å². The van der Waals surface area contributed by atoms with Gasteiger partial charge >= 0.3 is 5.97 Å². The van der Waals surface area contributed by atoms with Crippen molar-refractivity contribution in [1.29, 1.82) is 0 Å². The minimum Gasteiger partial charge on any atom is -0.464 e. The van der Waals surface area contributed by atoms with Crippen molar-refractivity contribution in [3.63, 3.8) is 0 Å². The molecule has 3 nitrogen and oxygen atoms in total. The van der Waals surface area contributed by atoms with Gasteiger partial charge in [0.05, 0.1) is 6.61 Å². The van der Waals surface area contributed by atoms with E-state index in [9.17, 15) is 13.6 Å². The van der Waals surface area contributed by atoms with Gasteiger partial charge in [-0.3, -0.25) is 0 Å². The normalized spacial score (nSPS) is 17.8. The van der Waals surface area contributed by atoms with Crippen LogP contribution in [-0.4, -0.2) is 18.6 Å². The van der Waals surface area contributed by atoms with Gasteiger partial charge in [-0.2, -0.15) is 0 Å². The predicted molar refractivity (Wildman–Crippen MR) is 54.1 cm³/mol. The van der Waals surface area contributed by atoms with Crippen molar-refractivity contribution < 1.29 is 18.3 Å². The lowest BCUT2D eigenvalue weighted by molar-refractivity contribution is -0.143. The summed E-state index contributed by atoms with van der Waals surface area (Å²) in [6.07, 6.45) is 0.195. The molecule has 16 heavy (non-hydrogen) atoms. The second-order valence-electron chi connectivity index (χ2n) is 3.57. The zero-order valence-corrected chi connectivity index (χ0v) is 8.72. The van der Waals surface area contributed by atoms with Crippen molar-refractivity contribution in [2.75, 3.05) is 11.9 Å². The molecule has 1 aromatic carbocycles. The van der Waals surface area contributed by atoms with Crippen LogP contribution >= 0.6 is 0 Å². The van der Waals surface area contributed by atoms with Gasteiger partial charge in [0.2, 0.25) is 0 Å². The van der Waals surface area contributed by atoms with Crippen molar-refractivity contribution in [1.82, 2.24) is 0 Å². The Bertz CT molecular complexity index is 434. The molecule has 1 heterocycles. The molecule has 0 aliphatic carbocycles. The zero-order valence-electron chi connectivity index (χ0n) is 8.72. The zero-order chi connectivity index (χ0) is 11.7. The molecular weight excluding hydrogens is 216 g/mol. The fraction of sp³-hybridized carbons (Fsp3) is 0.364. The van der Waals surface area contributed by atoms with Crippen molar-refractivity contribution in [3.05, 3.63) is 29.3 Å². The Morgan fingerprint density at radius 3 is 3.00 bits per heavy atom. The van der Waals surface area contributed by atoms with Gasteiger partial charge in [0.15, 0.2) is 0 Å². The van der Waals surface area contributed by atoms with Gasteiger partial charge in [-0.05, 0) is 13.0 Å². The molecule has 5 heteroatoms. The molecule has 1 aliphatic rings. The average Bonchev–Trinajstić information content (AvgIpc) is 2.62. The number of hydrogen-bond donors (Lipinski definition) is 1. The highest BCUT2D eigenvalue weighted by atomic mass is 19.1. The number of anilines is 1. The van der Waals surface area contributed by atoms with E-state index < -0.39 is 23.6 Å². The Labute approximate surface area is 91.4 Å². The van der Waals surface area contributed by atoms with Crippen LogP contribution in [0.3, 0.4) is 0 Å². The van der Waals surface area contributed by atoms with E-state index in [0.717, 1.165) is 6.07 Å². The third kappa shape index (κ3) is 1.85. The molecule has 0 saturated carbocycles. The van der Waals surface area contributed by atoms with Crippen LogP contribution in [-0.2, 0) is 16.0 Å². The summed E-state index contributed by atoms with van der Waals surface area (Å²) in [7, 11) is 0. The van der Waals surface area contributed by atoms with Crippen LogP contribution in [0.5, 0.6) is 0 Å². The molecule has 0 spiro atoms. The lowest BCUT2D eigenvalue weighted by Crippen LogP contribution is -2.29. The number of carbonyl (C=O) groups excluding carboxylic acids is 1. The molecule has 86 valence electrons. The highest BCUT2D eigenvalue weighted by molar-refractivity contribution is 5.82. The standard InChI is InChI=1S/C11H11F2NO2/c1-2-16-11(15)10-5-7-8(13)3-6(12)4-9(7)14-10/h3-4,10,14H,2,5H2,1H3/t10-/m0/s1. The molecule has 0 unspecified atom stereocenters. The van der Waals surface area contributed by atoms with Crippen LogP contribution in [0, 0.1) is 11.6 Å². The quantitative estimate of drug-likeness (QED) is 0.784. The highest BCUT2D eigenvalue weighted by Gasteiger charge is 2.30. The van der Waals surface area contributed by atoms with Crippen LogP contribution in [0.1, 0.15) is 12.5 Å². The predicted octanol–water partition coefficient (Wildman–Crippen LogP) is 1.86. The van der Waals surface area contributed by atoms with E-state index in [4.69, 9.17) is 4.74 Å². The molecule has 1 atom stereocenters. The van der Waals surface area contributed by atoms with Crippen molar-refractivity contribution in [2.24, 2.45) is 0 Å². The Balaban J connectivity index is 2.21. The number of hydrogen-bond acceptors (Lipinski definition) is 3. The van der Waals surface area contributed by atoms with Gasteiger partial charge in [-0.25, -0.2) is 13.6 Å². The van der Waals surface area contributed by atoms with E-state index in [2.05, 4.69) is 5.32 Å². The van der Waals surface area contributed by atoms with E-state index in [0.29, 0.717) is 11.3 Å². The summed E-state index contributed by atoms with van der Waals surface area (Å²) in [4.78, 5) is 11.4. The molecule has 0 radical (unpaired) electrons. The molecule has 1 aliphatic heterocycles. The minimum absolute atomic E-state index is 0.195. The molecule has 0 amide bonds. The second-order valence-corrected chi connectivity index (χ2v) is 3.57. The van der Waals surface area contributed by atoms with Crippen molar-refractivity contribution in [2.45, 2.75) is 19.4 Å². The Hall–Kier alpha value is -1.65. The summed E-state index contributed by atoms with van der Waals surface area (Å²) in [5.41, 5.74) is 0.662. The van der Waals surface area contributed by atoms with Gasteiger partial charge in [-0.15, -0.1) is 0 Å². The lowest BCUT2D eigenvalue weighted by Gasteiger charge is -2.09. The monoisotopic (exact) mass is 227 g/mol. The molecule has 0 bridgehead atoms. The average molecular weight is 227 g/mol. The number of esters is 1. The van der Waals surface area contributed by atoms with Gasteiger partial charge in [-0.1, -0.05) is 0 Å². The maximum Gasteiger partial charge on any atom is 0.328 e. The Kier molecular flexibility index (Phi) is 2.77. The maximum atomic E-state index is 13.3. The summed E-state index contributed by atoms with van der Waals surface area (Å²) in [6, 6.07) is 1.37. The number of fused-ring (bicyclic) bond motifs is 1. The summed E-state index contributed by atoms with van der Waals surface area (Å²) in [5, 5.41) is 2.75. The van der Waals surface area contributed by atoms with Crippen LogP contribution in [0.15, 0.2) is 12.1 Å². The lowest BCUT2D eigenvalue weighted by atomic mass is 10.1. The molecule has 2 rings (SSSR count). The number of ether oxygens (including phenoxy) is 1. The minimum atomic E-state index is -0.659. The Morgan fingerprint density at radius 2 is 2.31 bits per heavy atom. The first-order chi connectivity index (χ1) is 7.61. The Morgan fingerprint density at radius 1 is 1.56 bits per heavy atom. The van der Waals surface area contributed by atoms with Crippen molar-refractivity contribution in [3.8, 4) is 0 Å². The summed E-state index contributed by atoms with van der Waals surface area (Å²) in [5.74, 6) is -1.74. The van der Waals surface area contributed by atoms with Gasteiger partial charge in [0.25, 0.3) is 0 Å². The summed E-state index contributed by atoms with van der Waals surface area (Å²) < 4.78 is 31.1. The molecule has 0 aromatic heterocycles. The number of rotatable bonds is 2. The van der Waals surface area contributed by atoms with Crippen LogP contribution < -0.4 is 5.32 Å². The molecule has 0 saturated heterocycles. The van der Waals surface area contributed by atoms with Crippen LogP contribution in [0.4, 0.5) is 14.5 Å². The van der Waals surface area contributed by atoms with Crippen LogP contribution in [0.25, 0.3) is 0 Å². The van der Waals surface area contributed by atoms with E-state index in [-0.39, 0.29) is 13.0 Å².